The quantitative estimate of drug-likeness (QED) is 0.826. The number of nitrogens with one attached hydrogen (secondary N) is 1. The molecule has 0 aliphatic rings. The lowest BCUT2D eigenvalue weighted by molar-refractivity contribution is -0.155. The Morgan fingerprint density at radius 2 is 1.88 bits per heavy atom. The topological polar surface area (TPSA) is 64.6 Å². The molecular weight excluding hydrogens is 313 g/mol. The van der Waals surface area contributed by atoms with Crippen molar-refractivity contribution in [2.24, 2.45) is 0 Å². The molecule has 0 saturated carbocycles. The first-order valence-electron chi connectivity index (χ1n) is 7.39. The Bertz CT molecular complexity index is 715. The summed E-state index contributed by atoms with van der Waals surface area (Å²) in [6.45, 7) is 2.99. The molecule has 0 unspecified atom stereocenters. The van der Waals surface area contributed by atoms with Gasteiger partial charge < -0.3 is 14.8 Å². The van der Waals surface area contributed by atoms with E-state index in [2.05, 4.69) is 5.32 Å². The fraction of sp³-hybridized carbons (Fsp3) is 0.222. The van der Waals surface area contributed by atoms with E-state index in [-0.39, 0.29) is 5.75 Å². The summed E-state index contributed by atoms with van der Waals surface area (Å²) in [6.07, 6.45) is -0.977. The van der Waals surface area contributed by atoms with Gasteiger partial charge in [0, 0.05) is 11.8 Å². The number of carbonyl (C=O) groups excluding carboxylic acids is 2. The fourth-order valence-electron chi connectivity index (χ4n) is 1.86. The van der Waals surface area contributed by atoms with Gasteiger partial charge in [0.1, 0.15) is 11.6 Å². The number of hydrogen-bond donors (Lipinski definition) is 1. The van der Waals surface area contributed by atoms with Crippen molar-refractivity contribution in [2.75, 3.05) is 11.9 Å². The average Bonchev–Trinajstić information content (AvgIpc) is 2.55. The Morgan fingerprint density at radius 3 is 2.54 bits per heavy atom. The maximum Gasteiger partial charge on any atom is 0.344 e. The third kappa shape index (κ3) is 5.39. The number of carbonyl (C=O) groups is 2. The molecule has 0 fully saturated rings. The van der Waals surface area contributed by atoms with Gasteiger partial charge in [-0.15, -0.1) is 0 Å². The summed E-state index contributed by atoms with van der Waals surface area (Å²) in [5.74, 6) is -1.42. The van der Waals surface area contributed by atoms with Crippen LogP contribution in [-0.4, -0.2) is 24.6 Å². The zero-order valence-corrected chi connectivity index (χ0v) is 13.4. The highest BCUT2D eigenvalue weighted by Crippen LogP contribution is 2.12. The second-order valence-corrected chi connectivity index (χ2v) is 5.23. The van der Waals surface area contributed by atoms with E-state index in [1.807, 2.05) is 19.1 Å². The number of amides is 1. The number of hydrogen-bond acceptors (Lipinski definition) is 4. The molecule has 126 valence electrons. The number of ether oxygens (including phenoxy) is 2. The smallest absolute Gasteiger partial charge is 0.344 e. The van der Waals surface area contributed by atoms with Gasteiger partial charge in [-0.25, -0.2) is 9.18 Å². The molecule has 2 aromatic carbocycles. The Balaban J connectivity index is 1.80. The van der Waals surface area contributed by atoms with E-state index in [0.29, 0.717) is 5.69 Å². The molecule has 0 radical (unpaired) electrons. The van der Waals surface area contributed by atoms with Crippen LogP contribution in [0.25, 0.3) is 0 Å². The molecule has 6 heteroatoms. The highest BCUT2D eigenvalue weighted by Gasteiger charge is 2.18. The second-order valence-electron chi connectivity index (χ2n) is 5.23. The van der Waals surface area contributed by atoms with Gasteiger partial charge in [-0.3, -0.25) is 4.79 Å². The van der Waals surface area contributed by atoms with Crippen LogP contribution in [-0.2, 0) is 14.3 Å². The molecule has 0 bridgehead atoms. The average molecular weight is 331 g/mol. The van der Waals surface area contributed by atoms with Gasteiger partial charge in [0.25, 0.3) is 5.91 Å². The van der Waals surface area contributed by atoms with Gasteiger partial charge in [-0.05, 0) is 38.1 Å². The predicted octanol–water partition coefficient (Wildman–Crippen LogP) is 3.08. The Kier molecular flexibility index (Phi) is 5.89. The molecule has 1 amide bonds. The van der Waals surface area contributed by atoms with Crippen LogP contribution in [0.1, 0.15) is 12.5 Å². The van der Waals surface area contributed by atoms with Crippen molar-refractivity contribution in [3.05, 3.63) is 59.9 Å². The normalized spacial score (nSPS) is 11.5. The lowest BCUT2D eigenvalue weighted by Crippen LogP contribution is -2.31. The third-order valence-electron chi connectivity index (χ3n) is 3.15. The molecule has 0 aliphatic heterocycles. The van der Waals surface area contributed by atoms with E-state index >= 15 is 0 Å². The first kappa shape index (κ1) is 17.5. The summed E-state index contributed by atoms with van der Waals surface area (Å²) < 4.78 is 23.1. The summed E-state index contributed by atoms with van der Waals surface area (Å²) in [5, 5.41) is 2.65. The van der Waals surface area contributed by atoms with E-state index in [1.165, 1.54) is 25.1 Å². The predicted molar refractivity (Wildman–Crippen MR) is 87.3 cm³/mol. The Hall–Kier alpha value is -2.89. The maximum absolute atomic E-state index is 13.0. The number of esters is 1. The third-order valence-corrected chi connectivity index (χ3v) is 3.15. The zero-order chi connectivity index (χ0) is 17.5. The van der Waals surface area contributed by atoms with Crippen LogP contribution in [0.15, 0.2) is 48.5 Å². The van der Waals surface area contributed by atoms with Gasteiger partial charge in [0.05, 0.1) is 0 Å². The van der Waals surface area contributed by atoms with E-state index in [1.54, 1.807) is 12.1 Å². The molecule has 0 aromatic heterocycles. The van der Waals surface area contributed by atoms with Gasteiger partial charge in [0.15, 0.2) is 12.7 Å². The Labute approximate surface area is 139 Å². The van der Waals surface area contributed by atoms with E-state index in [4.69, 9.17) is 9.47 Å². The van der Waals surface area contributed by atoms with Crippen molar-refractivity contribution < 1.29 is 23.5 Å². The molecule has 0 aliphatic carbocycles. The minimum absolute atomic E-state index is 0.212. The minimum atomic E-state index is -0.977. The summed E-state index contributed by atoms with van der Waals surface area (Å²) in [7, 11) is 0. The van der Waals surface area contributed by atoms with Crippen molar-refractivity contribution in [1.29, 1.82) is 0 Å². The first-order chi connectivity index (χ1) is 11.4. The van der Waals surface area contributed by atoms with Gasteiger partial charge in [-0.1, -0.05) is 23.8 Å². The number of anilines is 1. The fourth-order valence-corrected chi connectivity index (χ4v) is 1.86. The van der Waals surface area contributed by atoms with Gasteiger partial charge in [-0.2, -0.15) is 0 Å². The lowest BCUT2D eigenvalue weighted by Gasteiger charge is -2.14. The van der Waals surface area contributed by atoms with E-state index in [9.17, 15) is 14.0 Å². The van der Waals surface area contributed by atoms with E-state index < -0.39 is 30.4 Å². The van der Waals surface area contributed by atoms with Crippen LogP contribution in [0, 0.1) is 12.7 Å². The summed E-state index contributed by atoms with van der Waals surface area (Å²) >= 11 is 0. The molecule has 1 atom stereocenters. The monoisotopic (exact) mass is 331 g/mol. The molecule has 1 N–H and O–H groups in total. The highest BCUT2D eigenvalue weighted by atomic mass is 19.1. The molecule has 5 nitrogen and oxygen atoms in total. The van der Waals surface area contributed by atoms with Crippen molar-refractivity contribution in [2.45, 2.75) is 20.0 Å². The number of aryl methyl sites for hydroxylation is 1. The molecular formula is C18H18FNO4. The molecule has 24 heavy (non-hydrogen) atoms. The number of halogens is 1. The second kappa shape index (κ2) is 8.10. The standard InChI is InChI=1S/C18H18FNO4/c1-12-6-8-15(9-7-12)20-18(22)13(2)24-17(21)11-23-16-5-3-4-14(19)10-16/h3-10,13H,11H2,1-2H3,(H,20,22)/t13-/m1/s1. The summed E-state index contributed by atoms with van der Waals surface area (Å²) in [4.78, 5) is 23.7. The van der Waals surface area contributed by atoms with Crippen LogP contribution in [0.2, 0.25) is 0 Å². The zero-order valence-electron chi connectivity index (χ0n) is 13.4. The molecule has 0 heterocycles. The van der Waals surface area contributed by atoms with Gasteiger partial charge in [0.2, 0.25) is 0 Å². The van der Waals surface area contributed by atoms with Gasteiger partial charge >= 0.3 is 5.97 Å². The first-order valence-corrected chi connectivity index (χ1v) is 7.39. The summed E-state index contributed by atoms with van der Waals surface area (Å²) in [5.41, 5.74) is 1.69. The van der Waals surface area contributed by atoms with E-state index in [0.717, 1.165) is 11.6 Å². The van der Waals surface area contributed by atoms with Crippen molar-refractivity contribution in [3.8, 4) is 5.75 Å². The molecule has 2 aromatic rings. The Morgan fingerprint density at radius 1 is 1.17 bits per heavy atom. The van der Waals surface area contributed by atoms with Crippen molar-refractivity contribution >= 4 is 17.6 Å². The SMILES string of the molecule is Cc1ccc(NC(=O)[C@@H](C)OC(=O)COc2cccc(F)c2)cc1. The van der Waals surface area contributed by atoms with Crippen LogP contribution in [0.5, 0.6) is 5.75 Å². The maximum atomic E-state index is 13.0. The minimum Gasteiger partial charge on any atom is -0.482 e. The molecule has 2 rings (SSSR count). The number of benzene rings is 2. The lowest BCUT2D eigenvalue weighted by atomic mass is 10.2. The highest BCUT2D eigenvalue weighted by molar-refractivity contribution is 5.95. The molecule has 0 saturated heterocycles. The molecule has 0 spiro atoms. The van der Waals surface area contributed by atoms with Crippen molar-refractivity contribution in [3.63, 3.8) is 0 Å². The van der Waals surface area contributed by atoms with Crippen LogP contribution >= 0.6 is 0 Å². The van der Waals surface area contributed by atoms with Crippen LogP contribution < -0.4 is 10.1 Å². The number of rotatable bonds is 6. The largest absolute Gasteiger partial charge is 0.482 e. The van der Waals surface area contributed by atoms with Crippen molar-refractivity contribution in [1.82, 2.24) is 0 Å². The van der Waals surface area contributed by atoms with Crippen LogP contribution in [0.3, 0.4) is 0 Å². The van der Waals surface area contributed by atoms with Crippen LogP contribution in [0.4, 0.5) is 10.1 Å². The summed E-state index contributed by atoms with van der Waals surface area (Å²) in [6, 6.07) is 12.6.